The number of hydrogen-bond acceptors (Lipinski definition) is 4. The maximum Gasteiger partial charge on any atom is 0.268 e. The van der Waals surface area contributed by atoms with E-state index in [2.05, 4.69) is 11.2 Å². The molecule has 0 fully saturated rings. The third-order valence-electron chi connectivity index (χ3n) is 1.77. The van der Waals surface area contributed by atoms with Crippen molar-refractivity contribution >= 4 is 23.6 Å². The monoisotopic (exact) mass is 271 g/mol. The summed E-state index contributed by atoms with van der Waals surface area (Å²) in [4.78, 5) is 14.8. The van der Waals surface area contributed by atoms with Crippen molar-refractivity contribution in [1.29, 1.82) is 0 Å². The molecule has 1 aromatic carbocycles. The second-order valence-corrected chi connectivity index (χ2v) is 6.24. The van der Waals surface area contributed by atoms with Crippen LogP contribution in [0.15, 0.2) is 48.0 Å². The van der Waals surface area contributed by atoms with Crippen molar-refractivity contribution in [3.05, 3.63) is 48.0 Å². The highest BCUT2D eigenvalue weighted by Crippen LogP contribution is 2.42. The van der Waals surface area contributed by atoms with Gasteiger partial charge in [-0.25, -0.2) is 5.48 Å². The number of hydrogen-bond donors (Lipinski definition) is 2. The Morgan fingerprint density at radius 1 is 1.47 bits per heavy atom. The van der Waals surface area contributed by atoms with Crippen LogP contribution in [0.3, 0.4) is 0 Å². The summed E-state index contributed by atoms with van der Waals surface area (Å²) in [5, 5.41) is 0.573. The van der Waals surface area contributed by atoms with E-state index in [0.29, 0.717) is 5.30 Å². The molecule has 0 amide bonds. The molecule has 0 aliphatic heterocycles. The Labute approximate surface area is 106 Å². The van der Waals surface area contributed by atoms with Crippen molar-refractivity contribution in [3.63, 3.8) is 0 Å². The molecule has 2 N–H and O–H groups in total. The molecule has 0 heterocycles. The second kappa shape index (κ2) is 6.60. The zero-order valence-electron chi connectivity index (χ0n) is 9.58. The molecule has 0 saturated heterocycles. The van der Waals surface area contributed by atoms with Crippen LogP contribution in [0.5, 0.6) is 0 Å². The molecular weight excluding hydrogens is 257 g/mol. The standard InChI is InChI=1S/C11H14NO3PS/c1-3-7-11(12-14-2)15-16(13,17)10-8-5-4-6-9-10/h3-6,8-9,12H,1-2H3,(H,13,17). The van der Waals surface area contributed by atoms with Gasteiger partial charge in [-0.15, -0.1) is 0 Å². The summed E-state index contributed by atoms with van der Waals surface area (Å²) >= 11 is 5.09. The minimum absolute atomic E-state index is 0.157. The lowest BCUT2D eigenvalue weighted by molar-refractivity contribution is 0.0848. The van der Waals surface area contributed by atoms with E-state index in [1.165, 1.54) is 7.11 Å². The summed E-state index contributed by atoms with van der Waals surface area (Å²) in [5.74, 6) is 0.157. The Morgan fingerprint density at radius 2 is 2.12 bits per heavy atom. The van der Waals surface area contributed by atoms with Crippen molar-refractivity contribution < 1.29 is 14.3 Å². The van der Waals surface area contributed by atoms with Gasteiger partial charge in [-0.1, -0.05) is 23.9 Å². The number of nitrogens with one attached hydrogen (secondary N) is 1. The molecule has 17 heavy (non-hydrogen) atoms. The van der Waals surface area contributed by atoms with Gasteiger partial charge in [-0.3, -0.25) is 4.84 Å². The van der Waals surface area contributed by atoms with Gasteiger partial charge >= 0.3 is 0 Å². The Hall–Kier alpha value is -1.09. The van der Waals surface area contributed by atoms with Crippen molar-refractivity contribution in [2.45, 2.75) is 6.92 Å². The zero-order valence-corrected chi connectivity index (χ0v) is 11.3. The van der Waals surface area contributed by atoms with E-state index in [1.807, 2.05) is 6.07 Å². The molecule has 0 saturated carbocycles. The summed E-state index contributed by atoms with van der Waals surface area (Å²) in [7, 11) is 1.43. The first-order chi connectivity index (χ1) is 8.10. The molecule has 92 valence electrons. The third-order valence-corrected chi connectivity index (χ3v) is 4.00. The van der Waals surface area contributed by atoms with E-state index < -0.39 is 6.49 Å². The third kappa shape index (κ3) is 4.35. The Morgan fingerprint density at radius 3 is 2.65 bits per heavy atom. The maximum absolute atomic E-state index is 10.1. The fraction of sp³-hybridized carbons (Fsp3) is 0.182. The Bertz CT molecular complexity index is 469. The van der Waals surface area contributed by atoms with Crippen LogP contribution < -0.4 is 10.8 Å². The maximum atomic E-state index is 10.1. The van der Waals surface area contributed by atoms with Gasteiger partial charge in [-0.05, 0) is 36.9 Å². The predicted octanol–water partition coefficient (Wildman–Crippen LogP) is 1.80. The molecule has 6 heteroatoms. The molecule has 1 atom stereocenters. The Kier molecular flexibility index (Phi) is 5.42. The van der Waals surface area contributed by atoms with Crippen LogP contribution in [0, 0.1) is 0 Å². The van der Waals surface area contributed by atoms with Gasteiger partial charge in [0.15, 0.2) is 0 Å². The fourth-order valence-electron chi connectivity index (χ4n) is 1.09. The van der Waals surface area contributed by atoms with Gasteiger partial charge in [0.05, 0.1) is 7.11 Å². The molecule has 1 aromatic rings. The molecule has 1 unspecified atom stereocenters. The summed E-state index contributed by atoms with van der Waals surface area (Å²) < 4.78 is 5.32. The van der Waals surface area contributed by atoms with Gasteiger partial charge < -0.3 is 9.42 Å². The Balaban J connectivity index is 2.93. The van der Waals surface area contributed by atoms with E-state index in [4.69, 9.17) is 21.2 Å². The fourth-order valence-corrected chi connectivity index (χ4v) is 2.67. The zero-order chi connectivity index (χ0) is 12.7. The molecule has 0 bridgehead atoms. The largest absolute Gasteiger partial charge is 0.415 e. The van der Waals surface area contributed by atoms with Gasteiger partial charge in [0, 0.05) is 5.30 Å². The normalized spacial score (nSPS) is 13.1. The molecule has 0 aliphatic carbocycles. The van der Waals surface area contributed by atoms with E-state index in [9.17, 15) is 4.89 Å². The minimum atomic E-state index is -3.09. The first kappa shape index (κ1) is 14.0. The molecule has 1 rings (SSSR count). The molecule has 0 aromatic heterocycles. The van der Waals surface area contributed by atoms with Crippen LogP contribution in [-0.4, -0.2) is 12.0 Å². The lowest BCUT2D eigenvalue weighted by atomic mass is 10.4. The number of hydroxylamine groups is 1. The van der Waals surface area contributed by atoms with Gasteiger partial charge in [0.2, 0.25) is 0 Å². The molecular formula is C11H14NO3PS. The summed E-state index contributed by atoms with van der Waals surface area (Å²) in [6, 6.07) is 8.87. The number of benzene rings is 1. The van der Waals surface area contributed by atoms with Crippen LogP contribution in [-0.2, 0) is 21.2 Å². The van der Waals surface area contributed by atoms with Gasteiger partial charge in [0.1, 0.15) is 0 Å². The summed E-state index contributed by atoms with van der Waals surface area (Å²) in [5.41, 5.74) is 5.21. The first-order valence-electron chi connectivity index (χ1n) is 4.88. The number of rotatable bonds is 5. The summed E-state index contributed by atoms with van der Waals surface area (Å²) in [6.07, 6.45) is 1.63. The van der Waals surface area contributed by atoms with Crippen LogP contribution in [0.2, 0.25) is 0 Å². The van der Waals surface area contributed by atoms with Crippen molar-refractivity contribution in [1.82, 2.24) is 5.48 Å². The van der Waals surface area contributed by atoms with Crippen molar-refractivity contribution in [2.24, 2.45) is 0 Å². The van der Waals surface area contributed by atoms with Crippen molar-refractivity contribution in [2.75, 3.05) is 7.11 Å². The van der Waals surface area contributed by atoms with Crippen LogP contribution in [0.1, 0.15) is 6.92 Å². The smallest absolute Gasteiger partial charge is 0.268 e. The average Bonchev–Trinajstić information content (AvgIpc) is 2.30. The molecule has 0 aliphatic rings. The SMILES string of the molecule is CC=C=C(NOC)OP(O)(=S)c1ccccc1. The van der Waals surface area contributed by atoms with Gasteiger partial charge in [-0.2, -0.15) is 0 Å². The van der Waals surface area contributed by atoms with Crippen molar-refractivity contribution in [3.8, 4) is 0 Å². The van der Waals surface area contributed by atoms with Crippen LogP contribution in [0.4, 0.5) is 0 Å². The summed E-state index contributed by atoms with van der Waals surface area (Å²) in [6.45, 7) is -1.32. The minimum Gasteiger partial charge on any atom is -0.415 e. The van der Waals surface area contributed by atoms with Gasteiger partial charge in [0.25, 0.3) is 12.4 Å². The topological polar surface area (TPSA) is 50.7 Å². The lowest BCUT2D eigenvalue weighted by Gasteiger charge is -2.17. The van der Waals surface area contributed by atoms with E-state index in [-0.39, 0.29) is 5.88 Å². The average molecular weight is 271 g/mol. The van der Waals surface area contributed by atoms with E-state index in [1.54, 1.807) is 37.3 Å². The number of allylic oxidation sites excluding steroid dienone is 1. The predicted molar refractivity (Wildman–Crippen MR) is 71.1 cm³/mol. The van der Waals surface area contributed by atoms with Crippen LogP contribution in [0.25, 0.3) is 0 Å². The highest BCUT2D eigenvalue weighted by Gasteiger charge is 2.19. The highest BCUT2D eigenvalue weighted by atomic mass is 32.5. The van der Waals surface area contributed by atoms with Crippen LogP contribution >= 0.6 is 6.49 Å². The molecule has 4 nitrogen and oxygen atoms in total. The molecule has 0 radical (unpaired) electrons. The first-order valence-corrected chi connectivity index (χ1v) is 7.55. The quantitative estimate of drug-likeness (QED) is 0.370. The highest BCUT2D eigenvalue weighted by molar-refractivity contribution is 8.13. The van der Waals surface area contributed by atoms with E-state index in [0.717, 1.165) is 0 Å². The van der Waals surface area contributed by atoms with E-state index >= 15 is 0 Å². The second-order valence-electron chi connectivity index (χ2n) is 3.02. The molecule has 0 spiro atoms. The lowest BCUT2D eigenvalue weighted by Crippen LogP contribution is -2.15.